The minimum atomic E-state index is -0.970. The molecule has 0 aliphatic carbocycles. The Hall–Kier alpha value is -1.56. The maximum atomic E-state index is 11.2. The van der Waals surface area contributed by atoms with Crippen molar-refractivity contribution in [3.8, 4) is 0 Å². The van der Waals surface area contributed by atoms with Crippen LogP contribution < -0.4 is 5.73 Å². The molecule has 1 atom stereocenters. The fraction of sp³-hybridized carbons (Fsp3) is 0.750. The van der Waals surface area contributed by atoms with Crippen LogP contribution in [0, 0.1) is 0 Å². The molecule has 0 saturated carbocycles. The second kappa shape index (κ2) is 13.1. The average Bonchev–Trinajstić information content (AvgIpc) is 2.44. The molecule has 22 heavy (non-hydrogen) atoms. The summed E-state index contributed by atoms with van der Waals surface area (Å²) >= 11 is 0. The average molecular weight is 314 g/mol. The number of allylic oxidation sites excluding steroid dienone is 1. The molecule has 0 aliphatic rings. The molecule has 0 heterocycles. The van der Waals surface area contributed by atoms with Gasteiger partial charge in [0.05, 0.1) is 7.11 Å². The van der Waals surface area contributed by atoms with Crippen LogP contribution in [-0.2, 0) is 14.3 Å². The molecule has 0 rings (SSSR count). The fourth-order valence-corrected chi connectivity index (χ4v) is 2.05. The van der Waals surface area contributed by atoms with Gasteiger partial charge in [0, 0.05) is 6.04 Å². The van der Waals surface area contributed by atoms with Crippen molar-refractivity contribution < 1.29 is 19.4 Å². The van der Waals surface area contributed by atoms with Crippen molar-refractivity contribution in [3.05, 3.63) is 12.3 Å². The maximum Gasteiger partial charge on any atom is 0.325 e. The highest BCUT2D eigenvalue weighted by Crippen LogP contribution is 2.08. The van der Waals surface area contributed by atoms with Crippen molar-refractivity contribution >= 4 is 11.9 Å². The molecule has 0 fully saturated rings. The topological polar surface area (TPSA) is 92.9 Å². The molecule has 0 aromatic heterocycles. The van der Waals surface area contributed by atoms with E-state index in [4.69, 9.17) is 10.8 Å². The molecule has 6 heteroatoms. The van der Waals surface area contributed by atoms with Gasteiger partial charge in [0.1, 0.15) is 13.1 Å². The second-order valence-electron chi connectivity index (χ2n) is 5.58. The van der Waals surface area contributed by atoms with E-state index in [1.54, 1.807) is 6.20 Å². The summed E-state index contributed by atoms with van der Waals surface area (Å²) in [4.78, 5) is 23.4. The molecular formula is C16H30N2O4. The Morgan fingerprint density at radius 2 is 1.82 bits per heavy atom. The number of carbonyl (C=O) groups excluding carboxylic acids is 1. The predicted octanol–water partition coefficient (Wildman–Crippen LogP) is 2.14. The van der Waals surface area contributed by atoms with E-state index < -0.39 is 11.9 Å². The Balaban J connectivity index is 3.80. The van der Waals surface area contributed by atoms with Gasteiger partial charge in [-0.3, -0.25) is 9.59 Å². The SMILES string of the molecule is COC(=O)CN(C=CCCCCCCCC(C)N)CC(=O)O. The van der Waals surface area contributed by atoms with E-state index in [-0.39, 0.29) is 19.1 Å². The van der Waals surface area contributed by atoms with Crippen LogP contribution in [0.4, 0.5) is 0 Å². The lowest BCUT2D eigenvalue weighted by Gasteiger charge is -2.16. The Morgan fingerprint density at radius 1 is 1.18 bits per heavy atom. The van der Waals surface area contributed by atoms with Crippen molar-refractivity contribution in [2.45, 2.75) is 57.9 Å². The molecule has 1 unspecified atom stereocenters. The first kappa shape index (κ1) is 20.4. The maximum absolute atomic E-state index is 11.2. The van der Waals surface area contributed by atoms with Crippen LogP contribution >= 0.6 is 0 Å². The molecule has 6 nitrogen and oxygen atoms in total. The molecule has 0 amide bonds. The number of aliphatic carboxylic acids is 1. The summed E-state index contributed by atoms with van der Waals surface area (Å²) in [5.74, 6) is -1.41. The Morgan fingerprint density at radius 3 is 2.41 bits per heavy atom. The number of carboxylic acids is 1. The number of unbranched alkanes of at least 4 members (excludes halogenated alkanes) is 5. The van der Waals surface area contributed by atoms with E-state index in [1.807, 2.05) is 13.0 Å². The Kier molecular flexibility index (Phi) is 12.2. The number of carbonyl (C=O) groups is 2. The molecule has 0 saturated heterocycles. The molecule has 0 aliphatic heterocycles. The van der Waals surface area contributed by atoms with Gasteiger partial charge in [0.2, 0.25) is 0 Å². The van der Waals surface area contributed by atoms with Crippen LogP contribution in [0.1, 0.15) is 51.9 Å². The van der Waals surface area contributed by atoms with Crippen molar-refractivity contribution in [1.82, 2.24) is 4.90 Å². The first-order valence-electron chi connectivity index (χ1n) is 7.90. The zero-order chi connectivity index (χ0) is 16.8. The number of methoxy groups -OCH3 is 1. The monoisotopic (exact) mass is 314 g/mol. The molecule has 0 aromatic rings. The van der Waals surface area contributed by atoms with Crippen molar-refractivity contribution in [1.29, 1.82) is 0 Å². The molecule has 3 N–H and O–H groups in total. The van der Waals surface area contributed by atoms with E-state index in [0.29, 0.717) is 0 Å². The first-order valence-corrected chi connectivity index (χ1v) is 7.90. The molecular weight excluding hydrogens is 284 g/mol. The van der Waals surface area contributed by atoms with E-state index >= 15 is 0 Å². The fourth-order valence-electron chi connectivity index (χ4n) is 2.05. The summed E-state index contributed by atoms with van der Waals surface area (Å²) in [6.07, 6.45) is 11.3. The highest BCUT2D eigenvalue weighted by atomic mass is 16.5. The summed E-state index contributed by atoms with van der Waals surface area (Å²) in [5.41, 5.74) is 5.69. The van der Waals surface area contributed by atoms with Crippen molar-refractivity contribution in [3.63, 3.8) is 0 Å². The van der Waals surface area contributed by atoms with Crippen molar-refractivity contribution in [2.24, 2.45) is 5.73 Å². The van der Waals surface area contributed by atoms with Gasteiger partial charge in [0.25, 0.3) is 0 Å². The zero-order valence-corrected chi connectivity index (χ0v) is 13.8. The summed E-state index contributed by atoms with van der Waals surface area (Å²) in [7, 11) is 1.29. The van der Waals surface area contributed by atoms with Gasteiger partial charge in [-0.25, -0.2) is 0 Å². The van der Waals surface area contributed by atoms with Gasteiger partial charge in [-0.2, -0.15) is 0 Å². The zero-order valence-electron chi connectivity index (χ0n) is 13.8. The summed E-state index contributed by atoms with van der Waals surface area (Å²) in [6.45, 7) is 1.78. The van der Waals surface area contributed by atoms with E-state index in [1.165, 1.54) is 31.3 Å². The van der Waals surface area contributed by atoms with Crippen LogP contribution in [0.15, 0.2) is 12.3 Å². The normalized spacial score (nSPS) is 12.3. The number of hydrogen-bond donors (Lipinski definition) is 2. The highest BCUT2D eigenvalue weighted by molar-refractivity contribution is 5.74. The van der Waals surface area contributed by atoms with Crippen LogP contribution in [-0.4, -0.2) is 48.2 Å². The van der Waals surface area contributed by atoms with Crippen LogP contribution in [0.3, 0.4) is 0 Å². The summed E-state index contributed by atoms with van der Waals surface area (Å²) in [6, 6.07) is 0.290. The molecule has 128 valence electrons. The standard InChI is InChI=1S/C16H30N2O4/c1-14(17)10-8-6-4-3-5-7-9-11-18(12-15(19)20)13-16(21)22-2/h9,11,14H,3-8,10,12-13,17H2,1-2H3,(H,19,20). The first-order chi connectivity index (χ1) is 10.5. The predicted molar refractivity (Wildman–Crippen MR) is 86.3 cm³/mol. The van der Waals surface area contributed by atoms with E-state index in [2.05, 4.69) is 4.74 Å². The van der Waals surface area contributed by atoms with E-state index in [9.17, 15) is 9.59 Å². The minimum Gasteiger partial charge on any atom is -0.480 e. The third-order valence-electron chi connectivity index (χ3n) is 3.24. The minimum absolute atomic E-state index is 0.0451. The number of nitrogens with zero attached hydrogens (tertiary/aromatic N) is 1. The number of hydrogen-bond acceptors (Lipinski definition) is 5. The van der Waals surface area contributed by atoms with Gasteiger partial charge in [-0.1, -0.05) is 31.8 Å². The van der Waals surface area contributed by atoms with Crippen LogP contribution in [0.25, 0.3) is 0 Å². The lowest BCUT2D eigenvalue weighted by Crippen LogP contribution is -2.30. The summed E-state index contributed by atoms with van der Waals surface area (Å²) in [5, 5.41) is 8.80. The van der Waals surface area contributed by atoms with Crippen LogP contribution in [0.2, 0.25) is 0 Å². The summed E-state index contributed by atoms with van der Waals surface area (Å²) < 4.78 is 4.55. The smallest absolute Gasteiger partial charge is 0.325 e. The Bertz CT molecular complexity index is 343. The van der Waals surface area contributed by atoms with Gasteiger partial charge in [0.15, 0.2) is 0 Å². The lowest BCUT2D eigenvalue weighted by molar-refractivity contribution is -0.142. The number of nitrogens with two attached hydrogens (primary N) is 1. The molecule has 0 spiro atoms. The number of ether oxygens (including phenoxy) is 1. The highest BCUT2D eigenvalue weighted by Gasteiger charge is 2.10. The van der Waals surface area contributed by atoms with Gasteiger partial charge in [-0.15, -0.1) is 0 Å². The molecule has 0 bridgehead atoms. The largest absolute Gasteiger partial charge is 0.480 e. The molecule has 0 aromatic carbocycles. The lowest BCUT2D eigenvalue weighted by atomic mass is 10.1. The van der Waals surface area contributed by atoms with Crippen LogP contribution in [0.5, 0.6) is 0 Å². The third-order valence-corrected chi connectivity index (χ3v) is 3.24. The van der Waals surface area contributed by atoms with Crippen molar-refractivity contribution in [2.75, 3.05) is 20.2 Å². The molecule has 0 radical (unpaired) electrons. The quantitative estimate of drug-likeness (QED) is 0.399. The number of carboxylic acid groups (broad SMARTS) is 1. The number of esters is 1. The third kappa shape index (κ3) is 13.4. The number of rotatable bonds is 13. The van der Waals surface area contributed by atoms with Gasteiger partial charge < -0.3 is 20.5 Å². The Labute approximate surface area is 133 Å². The second-order valence-corrected chi connectivity index (χ2v) is 5.58. The van der Waals surface area contributed by atoms with Gasteiger partial charge >= 0.3 is 11.9 Å². The van der Waals surface area contributed by atoms with E-state index in [0.717, 1.165) is 25.7 Å². The van der Waals surface area contributed by atoms with Gasteiger partial charge in [-0.05, 0) is 32.4 Å².